The van der Waals surface area contributed by atoms with Crippen LogP contribution < -0.4 is 0 Å². The lowest BCUT2D eigenvalue weighted by atomic mass is 9.70. The number of ether oxygens (including phenoxy) is 1. The molecule has 3 aliphatic rings. The van der Waals surface area contributed by atoms with Crippen LogP contribution in [0.25, 0.3) is 0 Å². The van der Waals surface area contributed by atoms with E-state index in [9.17, 15) is 24.3 Å². The summed E-state index contributed by atoms with van der Waals surface area (Å²) in [7, 11) is 0. The molecule has 6 heteroatoms. The second-order valence-corrected chi connectivity index (χ2v) is 8.02. The molecule has 3 aromatic carbocycles. The van der Waals surface area contributed by atoms with E-state index in [2.05, 4.69) is 0 Å². The molecule has 6 nitrogen and oxygen atoms in total. The van der Waals surface area contributed by atoms with Crippen molar-refractivity contribution in [2.24, 2.45) is 0 Å². The lowest BCUT2D eigenvalue weighted by molar-refractivity contribution is 0.0822. The van der Waals surface area contributed by atoms with Crippen molar-refractivity contribution >= 4 is 23.1 Å². The summed E-state index contributed by atoms with van der Waals surface area (Å²) in [5, 5.41) is 10.1. The maximum Gasteiger partial charge on any atom is 0.229 e. The molecule has 0 saturated heterocycles. The van der Waals surface area contributed by atoms with Gasteiger partial charge >= 0.3 is 0 Å². The Balaban J connectivity index is 1.65. The largest absolute Gasteiger partial charge is 0.508 e. The molecule has 158 valence electrons. The van der Waals surface area contributed by atoms with Crippen molar-refractivity contribution in [2.75, 3.05) is 0 Å². The number of phenolic OH excluding ortho intramolecular Hbond substituents is 1. The Morgan fingerprint density at radius 2 is 1.03 bits per heavy atom. The summed E-state index contributed by atoms with van der Waals surface area (Å²) in [5.41, 5.74) is 1.14. The molecule has 0 unspecified atom stereocenters. The minimum absolute atomic E-state index is 0.0106. The fourth-order valence-electron chi connectivity index (χ4n) is 4.76. The SMILES string of the molecule is O=C1C2=C(C(=O)c3ccccc31)C(c1cccc(O)c1)C1=C(O2)C(=O)c2ccccc2C1=O. The van der Waals surface area contributed by atoms with Crippen LogP contribution in [0.3, 0.4) is 0 Å². The molecule has 1 heterocycles. The molecular weight excluding hydrogens is 420 g/mol. The first kappa shape index (κ1) is 19.1. The standard InChI is InChI=1S/C27H14O6/c28-14-7-5-6-13(12-14)19-20-22(29)15-8-1-3-10-17(15)24(31)26(20)33-27-21(19)23(30)16-9-2-4-11-18(16)25(27)32/h1-12,19,28H. The van der Waals surface area contributed by atoms with Crippen molar-refractivity contribution in [1.29, 1.82) is 0 Å². The molecule has 0 amide bonds. The monoisotopic (exact) mass is 434 g/mol. The van der Waals surface area contributed by atoms with E-state index >= 15 is 0 Å². The highest BCUT2D eigenvalue weighted by Gasteiger charge is 2.49. The third-order valence-corrected chi connectivity index (χ3v) is 6.21. The second kappa shape index (κ2) is 6.71. The molecular formula is C27H14O6. The van der Waals surface area contributed by atoms with Crippen LogP contribution in [0.5, 0.6) is 5.75 Å². The summed E-state index contributed by atoms with van der Waals surface area (Å²) in [6.07, 6.45) is 0. The van der Waals surface area contributed by atoms with E-state index in [4.69, 9.17) is 4.74 Å². The third kappa shape index (κ3) is 2.55. The Labute approximate surface area is 187 Å². The number of benzene rings is 3. The van der Waals surface area contributed by atoms with Gasteiger partial charge in [0.15, 0.2) is 23.1 Å². The average molecular weight is 434 g/mol. The highest BCUT2D eigenvalue weighted by atomic mass is 16.5. The Hall–Kier alpha value is -4.58. The Morgan fingerprint density at radius 3 is 1.48 bits per heavy atom. The van der Waals surface area contributed by atoms with Crippen LogP contribution in [-0.4, -0.2) is 28.2 Å². The minimum Gasteiger partial charge on any atom is -0.508 e. The number of allylic oxidation sites excluding steroid dienone is 4. The molecule has 0 fully saturated rings. The van der Waals surface area contributed by atoms with E-state index in [1.54, 1.807) is 48.5 Å². The molecule has 0 aromatic heterocycles. The Morgan fingerprint density at radius 1 is 0.576 bits per heavy atom. The van der Waals surface area contributed by atoms with Gasteiger partial charge in [-0.15, -0.1) is 0 Å². The van der Waals surface area contributed by atoms with Crippen LogP contribution in [0.1, 0.15) is 52.9 Å². The number of hydrogen-bond acceptors (Lipinski definition) is 6. The highest BCUT2D eigenvalue weighted by molar-refractivity contribution is 6.32. The predicted octanol–water partition coefficient (Wildman–Crippen LogP) is 4.17. The minimum atomic E-state index is -1.05. The molecule has 0 radical (unpaired) electrons. The fourth-order valence-corrected chi connectivity index (χ4v) is 4.76. The molecule has 0 spiro atoms. The number of carbonyl (C=O) groups is 4. The van der Waals surface area contributed by atoms with Crippen molar-refractivity contribution in [3.63, 3.8) is 0 Å². The number of aromatic hydroxyl groups is 1. The van der Waals surface area contributed by atoms with Gasteiger partial charge in [-0.05, 0) is 17.7 Å². The smallest absolute Gasteiger partial charge is 0.229 e. The number of ketones is 4. The maximum atomic E-state index is 13.6. The molecule has 33 heavy (non-hydrogen) atoms. The van der Waals surface area contributed by atoms with Crippen LogP contribution in [0.2, 0.25) is 0 Å². The van der Waals surface area contributed by atoms with E-state index in [1.165, 1.54) is 24.3 Å². The number of hydrogen-bond donors (Lipinski definition) is 1. The van der Waals surface area contributed by atoms with Crippen molar-refractivity contribution in [1.82, 2.24) is 0 Å². The van der Waals surface area contributed by atoms with Crippen molar-refractivity contribution < 1.29 is 29.0 Å². The van der Waals surface area contributed by atoms with Gasteiger partial charge in [0.1, 0.15) is 5.75 Å². The van der Waals surface area contributed by atoms with Gasteiger partial charge in [-0.3, -0.25) is 19.2 Å². The number of fused-ring (bicyclic) bond motifs is 2. The number of carbonyl (C=O) groups excluding carboxylic acids is 4. The molecule has 1 aliphatic heterocycles. The summed E-state index contributed by atoms with van der Waals surface area (Å²) < 4.78 is 5.81. The Kier molecular flexibility index (Phi) is 3.89. The van der Waals surface area contributed by atoms with Crippen LogP contribution in [0, 0.1) is 0 Å². The first-order chi connectivity index (χ1) is 16.0. The van der Waals surface area contributed by atoms with Crippen LogP contribution >= 0.6 is 0 Å². The van der Waals surface area contributed by atoms with Crippen LogP contribution in [0.4, 0.5) is 0 Å². The van der Waals surface area contributed by atoms with Gasteiger partial charge in [-0.2, -0.15) is 0 Å². The van der Waals surface area contributed by atoms with Crippen LogP contribution in [0.15, 0.2) is 95.5 Å². The topological polar surface area (TPSA) is 97.7 Å². The normalized spacial score (nSPS) is 17.3. The highest BCUT2D eigenvalue weighted by Crippen LogP contribution is 2.48. The van der Waals surface area contributed by atoms with E-state index in [0.29, 0.717) is 5.56 Å². The van der Waals surface area contributed by atoms with Gasteiger partial charge in [0.05, 0.1) is 11.1 Å². The van der Waals surface area contributed by atoms with E-state index in [-0.39, 0.29) is 50.7 Å². The van der Waals surface area contributed by atoms with Gasteiger partial charge in [-0.25, -0.2) is 0 Å². The molecule has 3 aromatic rings. The predicted molar refractivity (Wildman–Crippen MR) is 116 cm³/mol. The summed E-state index contributed by atoms with van der Waals surface area (Å²) in [5.74, 6) is -3.62. The number of phenols is 1. The average Bonchev–Trinajstić information content (AvgIpc) is 2.84. The first-order valence-corrected chi connectivity index (χ1v) is 10.3. The van der Waals surface area contributed by atoms with E-state index in [0.717, 1.165) is 0 Å². The summed E-state index contributed by atoms with van der Waals surface area (Å²) >= 11 is 0. The van der Waals surface area contributed by atoms with Gasteiger partial charge in [0, 0.05) is 28.2 Å². The third-order valence-electron chi connectivity index (χ3n) is 6.21. The second-order valence-electron chi connectivity index (χ2n) is 8.02. The fraction of sp³-hybridized carbons (Fsp3) is 0.0370. The van der Waals surface area contributed by atoms with Gasteiger partial charge in [0.2, 0.25) is 11.6 Å². The van der Waals surface area contributed by atoms with Crippen molar-refractivity contribution in [2.45, 2.75) is 5.92 Å². The number of Topliss-reactive ketones (excluding diaryl/α,β-unsaturated/α-hetero) is 4. The van der Waals surface area contributed by atoms with Crippen molar-refractivity contribution in [3.8, 4) is 5.75 Å². The number of rotatable bonds is 1. The van der Waals surface area contributed by atoms with E-state index < -0.39 is 29.1 Å². The van der Waals surface area contributed by atoms with Gasteiger partial charge < -0.3 is 9.84 Å². The summed E-state index contributed by atoms with van der Waals surface area (Å²) in [6, 6.07) is 18.8. The van der Waals surface area contributed by atoms with Crippen molar-refractivity contribution in [3.05, 3.63) is 123 Å². The molecule has 2 aliphatic carbocycles. The lowest BCUT2D eigenvalue weighted by Gasteiger charge is -2.35. The summed E-state index contributed by atoms with van der Waals surface area (Å²) in [4.78, 5) is 53.9. The lowest BCUT2D eigenvalue weighted by Crippen LogP contribution is -2.36. The maximum absolute atomic E-state index is 13.6. The van der Waals surface area contributed by atoms with Gasteiger partial charge in [0.25, 0.3) is 0 Å². The molecule has 0 bridgehead atoms. The zero-order chi connectivity index (χ0) is 22.9. The molecule has 0 atom stereocenters. The quantitative estimate of drug-likeness (QED) is 0.617. The molecule has 6 rings (SSSR count). The van der Waals surface area contributed by atoms with E-state index in [1.807, 2.05) is 0 Å². The molecule has 0 saturated carbocycles. The van der Waals surface area contributed by atoms with Crippen LogP contribution in [-0.2, 0) is 4.74 Å². The summed E-state index contributed by atoms with van der Waals surface area (Å²) in [6.45, 7) is 0. The Bertz CT molecular complexity index is 1430. The first-order valence-electron chi connectivity index (χ1n) is 10.3. The zero-order valence-corrected chi connectivity index (χ0v) is 17.0. The van der Waals surface area contributed by atoms with Gasteiger partial charge in [-0.1, -0.05) is 60.7 Å². The zero-order valence-electron chi connectivity index (χ0n) is 17.0. The molecule has 1 N–H and O–H groups in total.